The van der Waals surface area contributed by atoms with Gasteiger partial charge in [0.05, 0.1) is 0 Å². The number of aliphatic hydroxyl groups excluding tert-OH is 1. The van der Waals surface area contributed by atoms with Gasteiger partial charge in [-0.05, 0) is 50.9 Å². The smallest absolute Gasteiger partial charge is 0.122 e. The normalized spacial score (nSPS) is 18.0. The third-order valence-corrected chi connectivity index (χ3v) is 4.47. The van der Waals surface area contributed by atoms with Crippen LogP contribution >= 0.6 is 0 Å². The van der Waals surface area contributed by atoms with Gasteiger partial charge in [-0.3, -0.25) is 0 Å². The van der Waals surface area contributed by atoms with Crippen LogP contribution in [0.1, 0.15) is 43.2 Å². The lowest BCUT2D eigenvalue weighted by Crippen LogP contribution is -2.40. The zero-order valence-electron chi connectivity index (χ0n) is 13.6. The Kier molecular flexibility index (Phi) is 6.07. The number of aryl methyl sites for hydroxylation is 2. The number of hydrogen-bond donors (Lipinski definition) is 1. The highest BCUT2D eigenvalue weighted by Gasteiger charge is 2.20. The van der Waals surface area contributed by atoms with E-state index in [0.717, 1.165) is 11.3 Å². The lowest BCUT2D eigenvalue weighted by atomic mass is 9.94. The van der Waals surface area contributed by atoms with Crippen LogP contribution in [-0.2, 0) is 0 Å². The molecule has 0 amide bonds. The van der Waals surface area contributed by atoms with Gasteiger partial charge in [0.25, 0.3) is 0 Å². The van der Waals surface area contributed by atoms with Crippen molar-refractivity contribution in [1.29, 1.82) is 0 Å². The molecule has 1 saturated carbocycles. The lowest BCUT2D eigenvalue weighted by Gasteiger charge is -2.32. The SMILES string of the molecule is Cc1ccc(C)c(OCC(O)CN(C)C2CCCCC2)c1. The van der Waals surface area contributed by atoms with E-state index in [1.807, 2.05) is 13.0 Å². The first kappa shape index (κ1) is 16.3. The van der Waals surface area contributed by atoms with Gasteiger partial charge in [0.1, 0.15) is 18.5 Å². The summed E-state index contributed by atoms with van der Waals surface area (Å²) in [4.78, 5) is 2.30. The summed E-state index contributed by atoms with van der Waals surface area (Å²) < 4.78 is 5.79. The maximum atomic E-state index is 10.2. The van der Waals surface area contributed by atoms with Crippen molar-refractivity contribution in [2.75, 3.05) is 20.2 Å². The van der Waals surface area contributed by atoms with Crippen LogP contribution in [0.25, 0.3) is 0 Å². The number of hydrogen-bond acceptors (Lipinski definition) is 3. The minimum absolute atomic E-state index is 0.362. The summed E-state index contributed by atoms with van der Waals surface area (Å²) in [5.74, 6) is 0.884. The number of ether oxygens (including phenoxy) is 1. The van der Waals surface area contributed by atoms with E-state index >= 15 is 0 Å². The first-order valence-electron chi connectivity index (χ1n) is 8.14. The van der Waals surface area contributed by atoms with Crippen LogP contribution in [0.2, 0.25) is 0 Å². The molecule has 1 aliphatic rings. The van der Waals surface area contributed by atoms with Crippen molar-refractivity contribution >= 4 is 0 Å². The average molecular weight is 291 g/mol. The molecule has 1 aromatic carbocycles. The minimum Gasteiger partial charge on any atom is -0.491 e. The highest BCUT2D eigenvalue weighted by atomic mass is 16.5. The van der Waals surface area contributed by atoms with Crippen LogP contribution in [0.5, 0.6) is 5.75 Å². The van der Waals surface area contributed by atoms with Gasteiger partial charge in [-0.25, -0.2) is 0 Å². The molecule has 0 spiro atoms. The largest absolute Gasteiger partial charge is 0.491 e. The van der Waals surface area contributed by atoms with E-state index in [0.29, 0.717) is 19.2 Å². The summed E-state index contributed by atoms with van der Waals surface area (Å²) in [6.45, 7) is 5.14. The second-order valence-electron chi connectivity index (χ2n) is 6.47. The predicted molar refractivity (Wildman–Crippen MR) is 86.9 cm³/mol. The summed E-state index contributed by atoms with van der Waals surface area (Å²) in [7, 11) is 2.12. The van der Waals surface area contributed by atoms with E-state index in [1.54, 1.807) is 0 Å². The first-order chi connectivity index (χ1) is 10.1. The Hall–Kier alpha value is -1.06. The van der Waals surface area contributed by atoms with E-state index in [-0.39, 0.29) is 0 Å². The van der Waals surface area contributed by atoms with Crippen molar-refractivity contribution in [2.24, 2.45) is 0 Å². The molecule has 0 saturated heterocycles. The molecule has 118 valence electrons. The van der Waals surface area contributed by atoms with Gasteiger partial charge in [0, 0.05) is 12.6 Å². The van der Waals surface area contributed by atoms with Gasteiger partial charge in [-0.2, -0.15) is 0 Å². The molecular formula is C18H29NO2. The van der Waals surface area contributed by atoms with Gasteiger partial charge in [-0.1, -0.05) is 31.4 Å². The molecular weight excluding hydrogens is 262 g/mol. The predicted octanol–water partition coefficient (Wildman–Crippen LogP) is 3.31. The molecule has 0 aliphatic heterocycles. The Morgan fingerprint density at radius 3 is 2.67 bits per heavy atom. The van der Waals surface area contributed by atoms with E-state index in [9.17, 15) is 5.11 Å². The Labute approximate surface area is 128 Å². The van der Waals surface area contributed by atoms with Crippen molar-refractivity contribution in [3.63, 3.8) is 0 Å². The second kappa shape index (κ2) is 7.81. The van der Waals surface area contributed by atoms with Gasteiger partial charge in [0.2, 0.25) is 0 Å². The van der Waals surface area contributed by atoms with Crippen molar-refractivity contribution in [3.8, 4) is 5.75 Å². The first-order valence-corrected chi connectivity index (χ1v) is 8.14. The number of likely N-dealkylation sites (N-methyl/N-ethyl adjacent to an activating group) is 1. The molecule has 1 aromatic rings. The topological polar surface area (TPSA) is 32.7 Å². The Balaban J connectivity index is 1.78. The highest BCUT2D eigenvalue weighted by molar-refractivity contribution is 5.35. The second-order valence-corrected chi connectivity index (χ2v) is 6.47. The zero-order valence-corrected chi connectivity index (χ0v) is 13.6. The minimum atomic E-state index is -0.433. The zero-order chi connectivity index (χ0) is 15.2. The lowest BCUT2D eigenvalue weighted by molar-refractivity contribution is 0.0559. The fourth-order valence-corrected chi connectivity index (χ4v) is 3.10. The van der Waals surface area contributed by atoms with Crippen LogP contribution in [-0.4, -0.2) is 42.4 Å². The number of nitrogens with zero attached hydrogens (tertiary/aromatic N) is 1. The number of rotatable bonds is 6. The molecule has 0 heterocycles. The molecule has 0 aromatic heterocycles. The van der Waals surface area contributed by atoms with Crippen LogP contribution in [0, 0.1) is 13.8 Å². The fraction of sp³-hybridized carbons (Fsp3) is 0.667. The van der Waals surface area contributed by atoms with Gasteiger partial charge in [0.15, 0.2) is 0 Å². The van der Waals surface area contributed by atoms with Crippen molar-refractivity contribution in [1.82, 2.24) is 4.90 Å². The molecule has 21 heavy (non-hydrogen) atoms. The standard InChI is InChI=1S/C18H29NO2/c1-14-9-10-15(2)18(11-14)21-13-17(20)12-19(3)16-7-5-4-6-8-16/h9-11,16-17,20H,4-8,12-13H2,1-3H3. The van der Waals surface area contributed by atoms with E-state index in [1.165, 1.54) is 37.7 Å². The maximum Gasteiger partial charge on any atom is 0.122 e. The monoisotopic (exact) mass is 291 g/mol. The summed E-state index contributed by atoms with van der Waals surface area (Å²) >= 11 is 0. The fourth-order valence-electron chi connectivity index (χ4n) is 3.10. The van der Waals surface area contributed by atoms with Gasteiger partial charge < -0.3 is 14.7 Å². The molecule has 0 bridgehead atoms. The summed E-state index contributed by atoms with van der Waals surface area (Å²) in [6, 6.07) is 6.81. The van der Waals surface area contributed by atoms with E-state index in [2.05, 4.69) is 31.0 Å². The molecule has 2 rings (SSSR count). The highest BCUT2D eigenvalue weighted by Crippen LogP contribution is 2.22. The molecule has 3 nitrogen and oxygen atoms in total. The van der Waals surface area contributed by atoms with Crippen LogP contribution in [0.15, 0.2) is 18.2 Å². The number of aliphatic hydroxyl groups is 1. The molecule has 1 N–H and O–H groups in total. The molecule has 1 fully saturated rings. The Morgan fingerprint density at radius 2 is 1.95 bits per heavy atom. The van der Waals surface area contributed by atoms with Crippen LogP contribution in [0.3, 0.4) is 0 Å². The Morgan fingerprint density at radius 1 is 1.24 bits per heavy atom. The Bertz CT molecular complexity index is 441. The summed E-state index contributed by atoms with van der Waals surface area (Å²) in [6.07, 6.45) is 6.11. The number of benzene rings is 1. The molecule has 3 heteroatoms. The third kappa shape index (κ3) is 5.01. The average Bonchev–Trinajstić information content (AvgIpc) is 2.49. The van der Waals surface area contributed by atoms with Crippen molar-refractivity contribution in [2.45, 2.75) is 58.1 Å². The molecule has 1 atom stereocenters. The molecule has 1 aliphatic carbocycles. The van der Waals surface area contributed by atoms with Crippen LogP contribution < -0.4 is 4.74 Å². The summed E-state index contributed by atoms with van der Waals surface area (Å²) in [5, 5.41) is 10.2. The van der Waals surface area contributed by atoms with Gasteiger partial charge >= 0.3 is 0 Å². The summed E-state index contributed by atoms with van der Waals surface area (Å²) in [5.41, 5.74) is 2.30. The third-order valence-electron chi connectivity index (χ3n) is 4.47. The van der Waals surface area contributed by atoms with Crippen LogP contribution in [0.4, 0.5) is 0 Å². The maximum absolute atomic E-state index is 10.2. The van der Waals surface area contributed by atoms with Crippen molar-refractivity contribution in [3.05, 3.63) is 29.3 Å². The van der Waals surface area contributed by atoms with E-state index in [4.69, 9.17) is 4.74 Å². The molecule has 0 radical (unpaired) electrons. The van der Waals surface area contributed by atoms with Crippen molar-refractivity contribution < 1.29 is 9.84 Å². The quantitative estimate of drug-likeness (QED) is 0.873. The van der Waals surface area contributed by atoms with E-state index < -0.39 is 6.10 Å². The van der Waals surface area contributed by atoms with Gasteiger partial charge in [-0.15, -0.1) is 0 Å². The molecule has 1 unspecified atom stereocenters.